The first-order valence-corrected chi connectivity index (χ1v) is 8.57. The van der Waals surface area contributed by atoms with Gasteiger partial charge in [-0.1, -0.05) is 18.2 Å². The van der Waals surface area contributed by atoms with Crippen molar-refractivity contribution < 1.29 is 9.47 Å². The summed E-state index contributed by atoms with van der Waals surface area (Å²) in [4.78, 5) is 11.4. The molecule has 0 spiro atoms. The summed E-state index contributed by atoms with van der Waals surface area (Å²) >= 11 is 0. The molecule has 2 aromatic rings. The standard InChI is InChI=1S/C19H25N3O2/c1-22(11-13-24-18-7-3-2-4-8-18)14-17-9-10-20-19(21-17)16-6-5-12-23-15-16/h2-4,7-10,16H,5-6,11-15H2,1H3/t16-/m0/s1. The van der Waals surface area contributed by atoms with Crippen LogP contribution >= 0.6 is 0 Å². The average molecular weight is 327 g/mol. The number of nitrogens with zero attached hydrogens (tertiary/aromatic N) is 3. The predicted octanol–water partition coefficient (Wildman–Crippen LogP) is 2.88. The van der Waals surface area contributed by atoms with Crippen molar-refractivity contribution in [2.24, 2.45) is 0 Å². The van der Waals surface area contributed by atoms with Crippen molar-refractivity contribution in [2.45, 2.75) is 25.3 Å². The zero-order valence-electron chi connectivity index (χ0n) is 14.2. The van der Waals surface area contributed by atoms with Gasteiger partial charge in [-0.3, -0.25) is 4.90 Å². The van der Waals surface area contributed by atoms with Gasteiger partial charge < -0.3 is 9.47 Å². The molecule has 1 aromatic carbocycles. The van der Waals surface area contributed by atoms with Crippen LogP contribution in [0.5, 0.6) is 5.75 Å². The molecule has 1 aliphatic rings. The Morgan fingerprint density at radius 3 is 2.92 bits per heavy atom. The lowest BCUT2D eigenvalue weighted by Gasteiger charge is -2.21. The van der Waals surface area contributed by atoms with E-state index < -0.39 is 0 Å². The smallest absolute Gasteiger partial charge is 0.133 e. The van der Waals surface area contributed by atoms with Gasteiger partial charge in [0.15, 0.2) is 0 Å². The van der Waals surface area contributed by atoms with E-state index >= 15 is 0 Å². The first-order valence-electron chi connectivity index (χ1n) is 8.57. The Labute approximate surface area is 143 Å². The summed E-state index contributed by atoms with van der Waals surface area (Å²) in [6.45, 7) is 3.90. The third kappa shape index (κ3) is 5.01. The van der Waals surface area contributed by atoms with Gasteiger partial charge in [-0.25, -0.2) is 9.97 Å². The van der Waals surface area contributed by atoms with Gasteiger partial charge >= 0.3 is 0 Å². The summed E-state index contributed by atoms with van der Waals surface area (Å²) in [7, 11) is 2.08. The van der Waals surface area contributed by atoms with Gasteiger partial charge in [0.25, 0.3) is 0 Å². The molecule has 0 unspecified atom stereocenters. The molecule has 2 heterocycles. The summed E-state index contributed by atoms with van der Waals surface area (Å²) in [5.41, 5.74) is 1.05. The van der Waals surface area contributed by atoms with Gasteiger partial charge in [0, 0.05) is 31.8 Å². The van der Waals surface area contributed by atoms with Crippen LogP contribution in [0, 0.1) is 0 Å². The molecule has 0 bridgehead atoms. The molecule has 5 heteroatoms. The van der Waals surface area contributed by atoms with Gasteiger partial charge in [-0.05, 0) is 38.1 Å². The molecule has 1 aliphatic heterocycles. The van der Waals surface area contributed by atoms with Crippen molar-refractivity contribution in [2.75, 3.05) is 33.4 Å². The van der Waals surface area contributed by atoms with Gasteiger partial charge in [-0.15, -0.1) is 0 Å². The van der Waals surface area contributed by atoms with Crippen molar-refractivity contribution in [1.29, 1.82) is 0 Å². The molecule has 128 valence electrons. The monoisotopic (exact) mass is 327 g/mol. The highest BCUT2D eigenvalue weighted by molar-refractivity contribution is 5.20. The highest BCUT2D eigenvalue weighted by Crippen LogP contribution is 2.22. The number of hydrogen-bond donors (Lipinski definition) is 0. The number of rotatable bonds is 7. The number of aromatic nitrogens is 2. The van der Waals surface area contributed by atoms with Crippen LogP contribution in [-0.2, 0) is 11.3 Å². The van der Waals surface area contributed by atoms with Crippen LogP contribution in [-0.4, -0.2) is 48.3 Å². The maximum Gasteiger partial charge on any atom is 0.133 e. The van der Waals surface area contributed by atoms with Crippen molar-refractivity contribution >= 4 is 0 Å². The molecule has 1 saturated heterocycles. The van der Waals surface area contributed by atoms with E-state index in [4.69, 9.17) is 14.5 Å². The largest absolute Gasteiger partial charge is 0.492 e. The van der Waals surface area contributed by atoms with Crippen LogP contribution in [0.1, 0.15) is 30.3 Å². The van der Waals surface area contributed by atoms with E-state index in [1.54, 1.807) is 0 Å². The van der Waals surface area contributed by atoms with E-state index in [-0.39, 0.29) is 0 Å². The predicted molar refractivity (Wildman–Crippen MR) is 93.1 cm³/mol. The SMILES string of the molecule is CN(CCOc1ccccc1)Cc1ccnc([C@H]2CCCOC2)n1. The summed E-state index contributed by atoms with van der Waals surface area (Å²) in [6, 6.07) is 11.9. The second-order valence-electron chi connectivity index (χ2n) is 6.22. The molecule has 1 fully saturated rings. The van der Waals surface area contributed by atoms with E-state index in [0.717, 1.165) is 56.4 Å². The number of para-hydroxylation sites is 1. The van der Waals surface area contributed by atoms with Gasteiger partial charge in [0.1, 0.15) is 18.2 Å². The van der Waals surface area contributed by atoms with Gasteiger partial charge in [0.05, 0.1) is 12.3 Å². The molecular formula is C19H25N3O2. The average Bonchev–Trinajstić information content (AvgIpc) is 2.63. The molecule has 1 aromatic heterocycles. The van der Waals surface area contributed by atoms with Crippen LogP contribution in [0.25, 0.3) is 0 Å². The third-order valence-electron chi connectivity index (χ3n) is 4.17. The zero-order chi connectivity index (χ0) is 16.6. The minimum atomic E-state index is 0.338. The maximum absolute atomic E-state index is 5.74. The van der Waals surface area contributed by atoms with Gasteiger partial charge in [0.2, 0.25) is 0 Å². The molecular weight excluding hydrogens is 302 g/mol. The second kappa shape index (κ2) is 8.76. The quantitative estimate of drug-likeness (QED) is 0.782. The Morgan fingerprint density at radius 2 is 2.12 bits per heavy atom. The maximum atomic E-state index is 5.74. The molecule has 0 amide bonds. The number of ether oxygens (including phenoxy) is 2. The molecule has 0 radical (unpaired) electrons. The zero-order valence-corrected chi connectivity index (χ0v) is 14.2. The van der Waals surface area contributed by atoms with Crippen molar-refractivity contribution in [3.8, 4) is 5.75 Å². The highest BCUT2D eigenvalue weighted by Gasteiger charge is 2.19. The van der Waals surface area contributed by atoms with Crippen LogP contribution in [0.3, 0.4) is 0 Å². The fourth-order valence-electron chi connectivity index (χ4n) is 2.83. The number of benzene rings is 1. The molecule has 0 aliphatic carbocycles. The molecule has 0 saturated carbocycles. The van der Waals surface area contributed by atoms with E-state index in [9.17, 15) is 0 Å². The van der Waals surface area contributed by atoms with Crippen LogP contribution in [0.15, 0.2) is 42.6 Å². The Bertz CT molecular complexity index is 615. The lowest BCUT2D eigenvalue weighted by Crippen LogP contribution is -2.25. The molecule has 24 heavy (non-hydrogen) atoms. The van der Waals surface area contributed by atoms with Gasteiger partial charge in [-0.2, -0.15) is 0 Å². The lowest BCUT2D eigenvalue weighted by molar-refractivity contribution is 0.0779. The van der Waals surface area contributed by atoms with Crippen LogP contribution < -0.4 is 4.74 Å². The summed E-state index contributed by atoms with van der Waals surface area (Å²) in [6.07, 6.45) is 4.07. The molecule has 0 N–H and O–H groups in total. The first kappa shape index (κ1) is 16.9. The van der Waals surface area contributed by atoms with E-state index in [1.165, 1.54) is 0 Å². The normalized spacial score (nSPS) is 17.8. The number of likely N-dealkylation sites (N-methyl/N-ethyl adjacent to an activating group) is 1. The van der Waals surface area contributed by atoms with E-state index in [1.807, 2.05) is 42.6 Å². The Kier molecular flexibility index (Phi) is 6.15. The summed E-state index contributed by atoms with van der Waals surface area (Å²) < 4.78 is 11.3. The second-order valence-corrected chi connectivity index (χ2v) is 6.22. The van der Waals surface area contributed by atoms with E-state index in [2.05, 4.69) is 16.9 Å². The fourth-order valence-corrected chi connectivity index (χ4v) is 2.83. The van der Waals surface area contributed by atoms with E-state index in [0.29, 0.717) is 12.5 Å². The topological polar surface area (TPSA) is 47.5 Å². The van der Waals surface area contributed by atoms with Crippen LogP contribution in [0.2, 0.25) is 0 Å². The molecule has 1 atom stereocenters. The third-order valence-corrected chi connectivity index (χ3v) is 4.17. The van der Waals surface area contributed by atoms with Crippen LogP contribution in [0.4, 0.5) is 0 Å². The Morgan fingerprint density at radius 1 is 1.25 bits per heavy atom. The minimum absolute atomic E-state index is 0.338. The fraction of sp³-hybridized carbons (Fsp3) is 0.474. The Hall–Kier alpha value is -1.98. The summed E-state index contributed by atoms with van der Waals surface area (Å²) in [5.74, 6) is 2.17. The minimum Gasteiger partial charge on any atom is -0.492 e. The van der Waals surface area contributed by atoms with Crippen molar-refractivity contribution in [1.82, 2.24) is 14.9 Å². The molecule has 3 rings (SSSR count). The van der Waals surface area contributed by atoms with Crippen molar-refractivity contribution in [3.63, 3.8) is 0 Å². The summed E-state index contributed by atoms with van der Waals surface area (Å²) in [5, 5.41) is 0. The molecule has 5 nitrogen and oxygen atoms in total. The number of hydrogen-bond acceptors (Lipinski definition) is 5. The van der Waals surface area contributed by atoms with Crippen molar-refractivity contribution in [3.05, 3.63) is 54.1 Å². The Balaban J connectivity index is 1.48. The first-order chi connectivity index (χ1) is 11.8. The highest BCUT2D eigenvalue weighted by atomic mass is 16.5. The lowest BCUT2D eigenvalue weighted by atomic mass is 10.0.